The van der Waals surface area contributed by atoms with Gasteiger partial charge >= 0.3 is 5.91 Å². The molecule has 1 aromatic heterocycles. The minimum absolute atomic E-state index is 0.159. The molecule has 0 spiro atoms. The van der Waals surface area contributed by atoms with Crippen molar-refractivity contribution in [3.05, 3.63) is 53.2 Å². The zero-order valence-electron chi connectivity index (χ0n) is 13.2. The first-order valence-electron chi connectivity index (χ1n) is 7.82. The lowest BCUT2D eigenvalue weighted by molar-refractivity contribution is -0.119. The third kappa shape index (κ3) is 2.49. The monoisotopic (exact) mass is 340 g/mol. The Bertz CT molecular complexity index is 1030. The van der Waals surface area contributed by atoms with Gasteiger partial charge in [-0.15, -0.1) is 0 Å². The number of rotatable bonds is 2. The van der Waals surface area contributed by atoms with Crippen molar-refractivity contribution < 1.29 is 14.3 Å². The molecule has 0 fully saturated rings. The summed E-state index contributed by atoms with van der Waals surface area (Å²) < 4.78 is 13.6. The van der Waals surface area contributed by atoms with Crippen LogP contribution in [0, 0.1) is 0 Å². The Balaban J connectivity index is 1.91. The van der Waals surface area contributed by atoms with Crippen LogP contribution < -0.4 is 4.80 Å². The van der Waals surface area contributed by atoms with Crippen molar-refractivity contribution in [1.82, 2.24) is 4.57 Å². The van der Waals surface area contributed by atoms with Gasteiger partial charge in [0.05, 0.1) is 10.2 Å². The highest BCUT2D eigenvalue weighted by atomic mass is 32.1. The lowest BCUT2D eigenvalue weighted by Crippen LogP contribution is -2.19. The summed E-state index contributed by atoms with van der Waals surface area (Å²) in [5.74, 6) is -0.251. The van der Waals surface area contributed by atoms with Crippen LogP contribution in [0.3, 0.4) is 0 Å². The van der Waals surface area contributed by atoms with Gasteiger partial charge in [0, 0.05) is 11.9 Å². The zero-order chi connectivity index (χ0) is 16.5. The fraction of sp³-hybridized carbons (Fsp3) is 0.222. The fourth-order valence-electron chi connectivity index (χ4n) is 2.81. The summed E-state index contributed by atoms with van der Waals surface area (Å²) in [5, 5.41) is 2.35. The van der Waals surface area contributed by atoms with E-state index < -0.39 is 5.91 Å². The van der Waals surface area contributed by atoms with Gasteiger partial charge in [0.2, 0.25) is 5.76 Å². The maximum Gasteiger partial charge on any atom is 0.317 e. The molecule has 1 aliphatic heterocycles. The molecular formula is C18H16N2O3S. The van der Waals surface area contributed by atoms with Crippen LogP contribution in [0.25, 0.3) is 21.0 Å². The van der Waals surface area contributed by atoms with Crippen molar-refractivity contribution >= 4 is 38.2 Å². The number of hydrogen-bond acceptors (Lipinski definition) is 4. The lowest BCUT2D eigenvalue weighted by Gasteiger charge is -2.12. The first-order valence-corrected chi connectivity index (χ1v) is 8.64. The summed E-state index contributed by atoms with van der Waals surface area (Å²) in [5.41, 5.74) is 1.09. The van der Waals surface area contributed by atoms with E-state index in [9.17, 15) is 4.79 Å². The second-order valence-corrected chi connectivity index (χ2v) is 6.36. The van der Waals surface area contributed by atoms with Crippen molar-refractivity contribution in [2.45, 2.75) is 13.5 Å². The molecule has 0 radical (unpaired) electrons. The number of benzene rings is 2. The van der Waals surface area contributed by atoms with Gasteiger partial charge in [0.1, 0.15) is 19.5 Å². The Labute approximate surface area is 142 Å². The predicted molar refractivity (Wildman–Crippen MR) is 93.6 cm³/mol. The molecule has 4 rings (SSSR count). The molecule has 2 heterocycles. The number of hydrogen-bond donors (Lipinski definition) is 0. The number of aromatic nitrogens is 1. The van der Waals surface area contributed by atoms with Crippen LogP contribution in [-0.4, -0.2) is 23.7 Å². The van der Waals surface area contributed by atoms with Crippen molar-refractivity contribution in [1.29, 1.82) is 0 Å². The molecule has 0 saturated heterocycles. The minimum Gasteiger partial charge on any atom is -0.494 e. The molecule has 122 valence electrons. The average molecular weight is 340 g/mol. The van der Waals surface area contributed by atoms with E-state index in [1.54, 1.807) is 0 Å². The maximum atomic E-state index is 12.3. The van der Waals surface area contributed by atoms with Gasteiger partial charge in [-0.1, -0.05) is 41.7 Å². The van der Waals surface area contributed by atoms with E-state index in [4.69, 9.17) is 9.47 Å². The molecule has 0 saturated carbocycles. The Morgan fingerprint density at radius 3 is 2.92 bits per heavy atom. The van der Waals surface area contributed by atoms with Gasteiger partial charge in [0.25, 0.3) is 0 Å². The summed E-state index contributed by atoms with van der Waals surface area (Å²) in [4.78, 5) is 17.3. The molecule has 2 aromatic carbocycles. The first-order chi connectivity index (χ1) is 11.8. The van der Waals surface area contributed by atoms with Crippen molar-refractivity contribution in [3.8, 4) is 0 Å². The number of carbonyl (C=O) groups excluding carboxylic acids is 1. The highest BCUT2D eigenvalue weighted by molar-refractivity contribution is 7.17. The minimum atomic E-state index is -0.409. The van der Waals surface area contributed by atoms with Gasteiger partial charge in [0.15, 0.2) is 4.80 Å². The number of fused-ring (bicyclic) bond motifs is 3. The fourth-order valence-corrected chi connectivity index (χ4v) is 4.04. The molecule has 3 aromatic rings. The largest absolute Gasteiger partial charge is 0.494 e. The molecule has 5 nitrogen and oxygen atoms in total. The number of thiazole rings is 1. The van der Waals surface area contributed by atoms with E-state index in [1.165, 1.54) is 28.4 Å². The van der Waals surface area contributed by atoms with Crippen LogP contribution in [0.1, 0.15) is 6.92 Å². The summed E-state index contributed by atoms with van der Waals surface area (Å²) in [6.07, 6.45) is 1.34. The molecule has 0 unspecified atom stereocenters. The third-order valence-electron chi connectivity index (χ3n) is 3.95. The molecule has 0 atom stereocenters. The Hall–Kier alpha value is -2.60. The molecule has 24 heavy (non-hydrogen) atoms. The quantitative estimate of drug-likeness (QED) is 0.720. The van der Waals surface area contributed by atoms with Crippen molar-refractivity contribution in [2.75, 3.05) is 13.2 Å². The van der Waals surface area contributed by atoms with E-state index in [2.05, 4.69) is 33.8 Å². The van der Waals surface area contributed by atoms with E-state index in [-0.39, 0.29) is 5.76 Å². The number of amides is 1. The van der Waals surface area contributed by atoms with E-state index in [0.29, 0.717) is 18.0 Å². The van der Waals surface area contributed by atoms with E-state index >= 15 is 0 Å². The van der Waals surface area contributed by atoms with Crippen molar-refractivity contribution in [3.63, 3.8) is 0 Å². The molecule has 6 heteroatoms. The molecule has 0 bridgehead atoms. The lowest BCUT2D eigenvalue weighted by atomic mass is 10.1. The molecule has 1 amide bonds. The highest BCUT2D eigenvalue weighted by Gasteiger charge is 2.15. The van der Waals surface area contributed by atoms with Crippen molar-refractivity contribution in [2.24, 2.45) is 4.99 Å². The zero-order valence-corrected chi connectivity index (χ0v) is 14.0. The van der Waals surface area contributed by atoms with Crippen LogP contribution in [0.4, 0.5) is 0 Å². The third-order valence-corrected chi connectivity index (χ3v) is 5.07. The van der Waals surface area contributed by atoms with E-state index in [0.717, 1.165) is 16.8 Å². The summed E-state index contributed by atoms with van der Waals surface area (Å²) >= 11 is 1.52. The molecule has 0 aliphatic carbocycles. The van der Waals surface area contributed by atoms with Gasteiger partial charge in [-0.05, 0) is 18.4 Å². The maximum absolute atomic E-state index is 12.3. The first kappa shape index (κ1) is 15.0. The van der Waals surface area contributed by atoms with Crippen LogP contribution in [0.2, 0.25) is 0 Å². The topological polar surface area (TPSA) is 52.8 Å². The number of nitrogens with zero attached hydrogens (tertiary/aromatic N) is 2. The summed E-state index contributed by atoms with van der Waals surface area (Å²) in [7, 11) is 0. The Kier molecular flexibility index (Phi) is 3.82. The van der Waals surface area contributed by atoms with Gasteiger partial charge < -0.3 is 14.0 Å². The second-order valence-electron chi connectivity index (χ2n) is 5.38. The van der Waals surface area contributed by atoms with Gasteiger partial charge in [-0.2, -0.15) is 4.99 Å². The smallest absolute Gasteiger partial charge is 0.317 e. The number of carbonyl (C=O) groups is 1. The molecule has 1 aliphatic rings. The Morgan fingerprint density at radius 1 is 1.25 bits per heavy atom. The van der Waals surface area contributed by atoms with Gasteiger partial charge in [-0.3, -0.25) is 4.79 Å². The SMILES string of the molecule is CCn1c(=NC(=O)C2=COCCO2)sc2c3ccccc3ccc21. The Morgan fingerprint density at radius 2 is 2.12 bits per heavy atom. The average Bonchev–Trinajstić information content (AvgIpc) is 3.00. The van der Waals surface area contributed by atoms with Crippen LogP contribution in [0.5, 0.6) is 0 Å². The number of ether oxygens (including phenoxy) is 2. The van der Waals surface area contributed by atoms with E-state index in [1.807, 2.05) is 19.1 Å². The summed E-state index contributed by atoms with van der Waals surface area (Å²) in [6.45, 7) is 3.61. The second kappa shape index (κ2) is 6.13. The molecular weight excluding hydrogens is 324 g/mol. The van der Waals surface area contributed by atoms with Gasteiger partial charge in [-0.25, -0.2) is 0 Å². The molecule has 0 N–H and O–H groups in total. The van der Waals surface area contributed by atoms with Crippen LogP contribution >= 0.6 is 11.3 Å². The van der Waals surface area contributed by atoms with Crippen LogP contribution in [-0.2, 0) is 20.8 Å². The highest BCUT2D eigenvalue weighted by Crippen LogP contribution is 2.27. The van der Waals surface area contributed by atoms with Crippen LogP contribution in [0.15, 0.2) is 53.4 Å². The summed E-state index contributed by atoms with van der Waals surface area (Å²) in [6, 6.07) is 12.4. The standard InChI is InChI=1S/C18H16N2O3S/c1-2-20-14-8-7-12-5-3-4-6-13(12)16(14)24-18(20)19-17(21)15-11-22-9-10-23-15/h3-8,11H,2,9-10H2,1H3. The predicted octanol–water partition coefficient (Wildman–Crippen LogP) is 3.19. The number of aryl methyl sites for hydroxylation is 1. The normalized spacial score (nSPS) is 15.2.